The molecule has 106 valence electrons. The van der Waals surface area contributed by atoms with Crippen LogP contribution < -0.4 is 10.5 Å². The van der Waals surface area contributed by atoms with E-state index < -0.39 is 10.0 Å². The van der Waals surface area contributed by atoms with Crippen LogP contribution in [0.3, 0.4) is 0 Å². The fraction of sp³-hybridized carbons (Fsp3) is 0.538. The van der Waals surface area contributed by atoms with Crippen molar-refractivity contribution in [3.05, 3.63) is 28.3 Å². The molecule has 1 aliphatic carbocycles. The third-order valence-electron chi connectivity index (χ3n) is 3.75. The molecule has 6 heteroatoms. The number of benzene rings is 1. The predicted octanol–water partition coefficient (Wildman–Crippen LogP) is 2.18. The summed E-state index contributed by atoms with van der Waals surface area (Å²) >= 11 is 5.97. The Labute approximate surface area is 119 Å². The van der Waals surface area contributed by atoms with E-state index in [-0.39, 0.29) is 22.9 Å². The van der Waals surface area contributed by atoms with Crippen LogP contribution in [0.5, 0.6) is 0 Å². The summed E-state index contributed by atoms with van der Waals surface area (Å²) in [4.78, 5) is 0.225. The normalized spacial score (nSPS) is 21.4. The first-order valence-electron chi connectivity index (χ1n) is 6.19. The van der Waals surface area contributed by atoms with Crippen molar-refractivity contribution >= 4 is 21.6 Å². The largest absolute Gasteiger partial charge is 0.326 e. The summed E-state index contributed by atoms with van der Waals surface area (Å²) in [6, 6.07) is 3.18. The Morgan fingerprint density at radius 3 is 2.53 bits per heavy atom. The highest BCUT2D eigenvalue weighted by Gasteiger charge is 2.48. The van der Waals surface area contributed by atoms with Gasteiger partial charge < -0.3 is 5.73 Å². The molecule has 2 rings (SSSR count). The lowest BCUT2D eigenvalue weighted by molar-refractivity contribution is 0.554. The lowest BCUT2D eigenvalue weighted by Gasteiger charge is -2.13. The third-order valence-corrected chi connectivity index (χ3v) is 5.57. The van der Waals surface area contributed by atoms with Crippen molar-refractivity contribution < 1.29 is 8.42 Å². The number of hydrogen-bond donors (Lipinski definition) is 2. The van der Waals surface area contributed by atoms with Crippen LogP contribution in [0.2, 0.25) is 5.02 Å². The molecule has 0 spiro atoms. The second-order valence-electron chi connectivity index (χ2n) is 5.76. The topological polar surface area (TPSA) is 72.2 Å². The number of sulfonamides is 1. The van der Waals surface area contributed by atoms with Gasteiger partial charge in [-0.3, -0.25) is 0 Å². The fourth-order valence-electron chi connectivity index (χ4n) is 2.12. The van der Waals surface area contributed by atoms with Crippen LogP contribution in [0.25, 0.3) is 0 Å². The van der Waals surface area contributed by atoms with E-state index in [1.54, 1.807) is 13.0 Å². The molecule has 3 N–H and O–H groups in total. The highest BCUT2D eigenvalue weighted by atomic mass is 35.5. The summed E-state index contributed by atoms with van der Waals surface area (Å²) in [5.41, 5.74) is 7.07. The molecule has 0 aromatic heterocycles. The van der Waals surface area contributed by atoms with Gasteiger partial charge in [0.25, 0.3) is 0 Å². The Balaban J connectivity index is 2.38. The molecule has 1 atom stereocenters. The molecule has 1 aromatic carbocycles. The first-order chi connectivity index (χ1) is 8.67. The zero-order valence-corrected chi connectivity index (χ0v) is 12.9. The fourth-order valence-corrected chi connectivity index (χ4v) is 4.14. The van der Waals surface area contributed by atoms with Gasteiger partial charge in [0.1, 0.15) is 0 Å². The summed E-state index contributed by atoms with van der Waals surface area (Å²) in [5, 5.41) is 0.390. The Morgan fingerprint density at radius 2 is 2.05 bits per heavy atom. The van der Waals surface area contributed by atoms with E-state index in [4.69, 9.17) is 17.3 Å². The molecule has 1 saturated carbocycles. The Hall–Kier alpha value is -0.620. The van der Waals surface area contributed by atoms with Crippen LogP contribution in [0.4, 0.5) is 0 Å². The van der Waals surface area contributed by atoms with E-state index in [0.29, 0.717) is 10.6 Å². The van der Waals surface area contributed by atoms with Gasteiger partial charge in [-0.05, 0) is 42.0 Å². The second-order valence-corrected chi connectivity index (χ2v) is 7.88. The quantitative estimate of drug-likeness (QED) is 0.895. The molecule has 1 aliphatic rings. The van der Waals surface area contributed by atoms with Gasteiger partial charge in [0.2, 0.25) is 10.0 Å². The van der Waals surface area contributed by atoms with Gasteiger partial charge in [0, 0.05) is 17.6 Å². The molecule has 19 heavy (non-hydrogen) atoms. The van der Waals surface area contributed by atoms with Crippen LogP contribution in [-0.2, 0) is 16.6 Å². The zero-order chi connectivity index (χ0) is 14.4. The van der Waals surface area contributed by atoms with Gasteiger partial charge in [-0.1, -0.05) is 25.4 Å². The molecule has 4 nitrogen and oxygen atoms in total. The standard InChI is InChI=1S/C13H19ClN2O2S/c1-8-9(7-15)4-10(14)5-11(8)19(17,18)16-12-6-13(12,2)3/h4-5,12,16H,6-7,15H2,1-3H3. The maximum absolute atomic E-state index is 12.4. The van der Waals surface area contributed by atoms with Crippen molar-refractivity contribution in [1.82, 2.24) is 4.72 Å². The van der Waals surface area contributed by atoms with Gasteiger partial charge in [0.05, 0.1) is 4.90 Å². The van der Waals surface area contributed by atoms with Crippen LogP contribution >= 0.6 is 11.6 Å². The van der Waals surface area contributed by atoms with Gasteiger partial charge in [-0.25, -0.2) is 13.1 Å². The smallest absolute Gasteiger partial charge is 0.241 e. The molecule has 0 saturated heterocycles. The van der Waals surface area contributed by atoms with Crippen LogP contribution in [0.1, 0.15) is 31.4 Å². The van der Waals surface area contributed by atoms with Crippen molar-refractivity contribution in [2.45, 2.75) is 44.7 Å². The first-order valence-corrected chi connectivity index (χ1v) is 8.05. The highest BCUT2D eigenvalue weighted by molar-refractivity contribution is 7.89. The molecule has 1 aromatic rings. The monoisotopic (exact) mass is 302 g/mol. The molecule has 0 heterocycles. The van der Waals surface area contributed by atoms with Gasteiger partial charge >= 0.3 is 0 Å². The van der Waals surface area contributed by atoms with Crippen LogP contribution in [0.15, 0.2) is 17.0 Å². The minimum absolute atomic E-state index is 0.00259. The maximum Gasteiger partial charge on any atom is 0.241 e. The molecule has 0 bridgehead atoms. The van der Waals surface area contributed by atoms with Gasteiger partial charge in [-0.15, -0.1) is 0 Å². The maximum atomic E-state index is 12.4. The van der Waals surface area contributed by atoms with E-state index in [2.05, 4.69) is 4.72 Å². The van der Waals surface area contributed by atoms with E-state index in [1.807, 2.05) is 13.8 Å². The Bertz CT molecular complexity index is 611. The summed E-state index contributed by atoms with van der Waals surface area (Å²) in [6.45, 7) is 6.10. The number of hydrogen-bond acceptors (Lipinski definition) is 3. The molecular weight excluding hydrogens is 284 g/mol. The van der Waals surface area contributed by atoms with Crippen LogP contribution in [-0.4, -0.2) is 14.5 Å². The predicted molar refractivity (Wildman–Crippen MR) is 76.6 cm³/mol. The van der Waals surface area contributed by atoms with E-state index in [9.17, 15) is 8.42 Å². The molecule has 1 fully saturated rings. The average molecular weight is 303 g/mol. The highest BCUT2D eigenvalue weighted by Crippen LogP contribution is 2.45. The molecular formula is C13H19ClN2O2S. The van der Waals surface area contributed by atoms with Crippen molar-refractivity contribution in [3.8, 4) is 0 Å². The van der Waals surface area contributed by atoms with E-state index >= 15 is 0 Å². The molecule has 0 radical (unpaired) electrons. The average Bonchev–Trinajstić information content (AvgIpc) is 2.87. The number of rotatable bonds is 4. The molecule has 0 amide bonds. The summed E-state index contributed by atoms with van der Waals surface area (Å²) < 4.78 is 27.5. The minimum Gasteiger partial charge on any atom is -0.326 e. The van der Waals surface area contributed by atoms with Crippen molar-refractivity contribution in [2.75, 3.05) is 0 Å². The Morgan fingerprint density at radius 1 is 1.47 bits per heavy atom. The minimum atomic E-state index is -3.54. The lowest BCUT2D eigenvalue weighted by atomic mass is 10.1. The zero-order valence-electron chi connectivity index (χ0n) is 11.3. The van der Waals surface area contributed by atoms with Crippen molar-refractivity contribution in [3.63, 3.8) is 0 Å². The lowest BCUT2D eigenvalue weighted by Crippen LogP contribution is -2.29. The third kappa shape index (κ3) is 2.94. The van der Waals surface area contributed by atoms with Gasteiger partial charge in [-0.2, -0.15) is 0 Å². The summed E-state index contributed by atoms with van der Waals surface area (Å²) in [7, 11) is -3.54. The molecule has 1 unspecified atom stereocenters. The Kier molecular flexibility index (Phi) is 3.68. The number of nitrogens with one attached hydrogen (secondary N) is 1. The van der Waals surface area contributed by atoms with Gasteiger partial charge in [0.15, 0.2) is 0 Å². The van der Waals surface area contributed by atoms with E-state index in [1.165, 1.54) is 6.07 Å². The van der Waals surface area contributed by atoms with Crippen LogP contribution in [0, 0.1) is 12.3 Å². The SMILES string of the molecule is Cc1c(CN)cc(Cl)cc1S(=O)(=O)NC1CC1(C)C. The number of nitrogens with two attached hydrogens (primary N) is 1. The van der Waals surface area contributed by atoms with Crippen molar-refractivity contribution in [2.24, 2.45) is 11.1 Å². The molecule has 0 aliphatic heterocycles. The second kappa shape index (κ2) is 4.74. The summed E-state index contributed by atoms with van der Waals surface area (Å²) in [5.74, 6) is 0. The summed E-state index contributed by atoms with van der Waals surface area (Å²) in [6.07, 6.45) is 0.857. The van der Waals surface area contributed by atoms with E-state index in [0.717, 1.165) is 12.0 Å². The van der Waals surface area contributed by atoms with Crippen molar-refractivity contribution in [1.29, 1.82) is 0 Å². The number of halogens is 1. The first kappa shape index (κ1) is 14.8.